The second-order valence-corrected chi connectivity index (χ2v) is 2.89. The summed E-state index contributed by atoms with van der Waals surface area (Å²) in [5.41, 5.74) is 2.37. The van der Waals surface area contributed by atoms with Crippen LogP contribution in [0.2, 0.25) is 0 Å². The number of hydrogen-bond donors (Lipinski definition) is 0. The Kier molecular flexibility index (Phi) is 3.40. The zero-order valence-electron chi connectivity index (χ0n) is 8.57. The molecule has 0 aliphatic rings. The van der Waals surface area contributed by atoms with Crippen molar-refractivity contribution in [2.75, 3.05) is 7.11 Å². The van der Waals surface area contributed by atoms with Crippen molar-refractivity contribution in [1.29, 1.82) is 0 Å². The lowest BCUT2D eigenvalue weighted by atomic mass is 10.1. The largest absolute Gasteiger partial charge is 0.465 e. The summed E-state index contributed by atoms with van der Waals surface area (Å²) in [7, 11) is 1.37. The van der Waals surface area contributed by atoms with Gasteiger partial charge in [-0.1, -0.05) is 6.08 Å². The molecule has 3 heteroatoms. The Bertz CT molecular complexity index is 369. The first-order valence-corrected chi connectivity index (χ1v) is 4.36. The molecule has 1 aromatic rings. The third kappa shape index (κ3) is 2.19. The molecule has 14 heavy (non-hydrogen) atoms. The van der Waals surface area contributed by atoms with Crippen LogP contribution in [-0.2, 0) is 4.74 Å². The molecule has 0 bridgehead atoms. The Labute approximate surface area is 83.4 Å². The smallest absolute Gasteiger partial charge is 0.337 e. The molecule has 0 aromatic carbocycles. The number of carbonyl (C=O) groups excluding carboxylic acids is 1. The van der Waals surface area contributed by atoms with Gasteiger partial charge in [0.25, 0.3) is 0 Å². The van der Waals surface area contributed by atoms with Gasteiger partial charge in [0, 0.05) is 6.20 Å². The molecule has 0 radical (unpaired) electrons. The number of pyridine rings is 1. The minimum atomic E-state index is -0.336. The van der Waals surface area contributed by atoms with Crippen molar-refractivity contribution in [3.05, 3.63) is 35.7 Å². The summed E-state index contributed by atoms with van der Waals surface area (Å²) in [5, 5.41) is 0. The van der Waals surface area contributed by atoms with E-state index in [2.05, 4.69) is 9.72 Å². The standard InChI is InChI=1S/C11H13NO2/c1-4-8(2)10-7-9(5-6-12-10)11(13)14-3/h4-7H,1-3H3. The van der Waals surface area contributed by atoms with E-state index in [1.54, 1.807) is 18.3 Å². The molecule has 0 saturated carbocycles. The van der Waals surface area contributed by atoms with Gasteiger partial charge < -0.3 is 4.74 Å². The molecule has 0 spiro atoms. The van der Waals surface area contributed by atoms with Crippen LogP contribution in [-0.4, -0.2) is 18.1 Å². The normalized spacial score (nSPS) is 11.2. The lowest BCUT2D eigenvalue weighted by molar-refractivity contribution is 0.0600. The van der Waals surface area contributed by atoms with Crippen molar-refractivity contribution >= 4 is 11.5 Å². The highest BCUT2D eigenvalue weighted by molar-refractivity contribution is 5.90. The summed E-state index contributed by atoms with van der Waals surface area (Å²) < 4.78 is 4.62. The molecular formula is C11H13NO2. The van der Waals surface area contributed by atoms with Gasteiger partial charge in [-0.05, 0) is 31.6 Å². The molecule has 1 rings (SSSR count). The molecule has 0 fully saturated rings. The van der Waals surface area contributed by atoms with Crippen molar-refractivity contribution in [3.8, 4) is 0 Å². The van der Waals surface area contributed by atoms with Gasteiger partial charge in [0.2, 0.25) is 0 Å². The molecule has 0 N–H and O–H groups in total. The van der Waals surface area contributed by atoms with Crippen LogP contribution in [0.15, 0.2) is 24.4 Å². The highest BCUT2D eigenvalue weighted by Gasteiger charge is 2.06. The lowest BCUT2D eigenvalue weighted by Crippen LogP contribution is -2.02. The Morgan fingerprint density at radius 2 is 2.29 bits per heavy atom. The van der Waals surface area contributed by atoms with Gasteiger partial charge in [0.1, 0.15) is 0 Å². The predicted octanol–water partition coefficient (Wildman–Crippen LogP) is 2.29. The molecule has 0 aliphatic carbocycles. The Hall–Kier alpha value is -1.64. The average molecular weight is 191 g/mol. The molecular weight excluding hydrogens is 178 g/mol. The minimum absolute atomic E-state index is 0.336. The number of nitrogens with zero attached hydrogens (tertiary/aromatic N) is 1. The number of ether oxygens (including phenoxy) is 1. The second-order valence-electron chi connectivity index (χ2n) is 2.89. The van der Waals surface area contributed by atoms with E-state index in [0.29, 0.717) is 5.56 Å². The molecule has 0 amide bonds. The van der Waals surface area contributed by atoms with Gasteiger partial charge in [0.15, 0.2) is 0 Å². The van der Waals surface area contributed by atoms with Crippen LogP contribution in [0, 0.1) is 0 Å². The Morgan fingerprint density at radius 1 is 1.57 bits per heavy atom. The van der Waals surface area contributed by atoms with E-state index in [9.17, 15) is 4.79 Å². The number of aromatic nitrogens is 1. The zero-order chi connectivity index (χ0) is 10.6. The van der Waals surface area contributed by atoms with Gasteiger partial charge in [-0.2, -0.15) is 0 Å². The maximum atomic E-state index is 11.2. The first kappa shape index (κ1) is 10.4. The summed E-state index contributed by atoms with van der Waals surface area (Å²) in [4.78, 5) is 15.4. The van der Waals surface area contributed by atoms with E-state index in [1.807, 2.05) is 19.9 Å². The maximum Gasteiger partial charge on any atom is 0.337 e. The van der Waals surface area contributed by atoms with Gasteiger partial charge in [-0.25, -0.2) is 4.79 Å². The second kappa shape index (κ2) is 4.56. The third-order valence-electron chi connectivity index (χ3n) is 2.02. The highest BCUT2D eigenvalue weighted by atomic mass is 16.5. The SMILES string of the molecule is CC=C(C)c1cc(C(=O)OC)ccn1. The van der Waals surface area contributed by atoms with Gasteiger partial charge >= 0.3 is 5.97 Å². The Morgan fingerprint density at radius 3 is 2.86 bits per heavy atom. The van der Waals surface area contributed by atoms with Crippen molar-refractivity contribution in [2.45, 2.75) is 13.8 Å². The topological polar surface area (TPSA) is 39.2 Å². The van der Waals surface area contributed by atoms with Gasteiger partial charge in [-0.15, -0.1) is 0 Å². The van der Waals surface area contributed by atoms with Crippen LogP contribution >= 0.6 is 0 Å². The van der Waals surface area contributed by atoms with Crippen LogP contribution in [0.1, 0.15) is 29.9 Å². The quantitative estimate of drug-likeness (QED) is 0.673. The first-order chi connectivity index (χ1) is 6.69. The fraction of sp³-hybridized carbons (Fsp3) is 0.273. The zero-order valence-corrected chi connectivity index (χ0v) is 8.57. The number of hydrogen-bond acceptors (Lipinski definition) is 3. The Balaban J connectivity index is 3.07. The van der Waals surface area contributed by atoms with Crippen molar-refractivity contribution in [2.24, 2.45) is 0 Å². The van der Waals surface area contributed by atoms with Crippen LogP contribution in [0.4, 0.5) is 0 Å². The van der Waals surface area contributed by atoms with Crippen LogP contribution in [0.25, 0.3) is 5.57 Å². The summed E-state index contributed by atoms with van der Waals surface area (Å²) in [6.45, 7) is 3.88. The number of methoxy groups -OCH3 is 1. The van der Waals surface area contributed by atoms with E-state index in [4.69, 9.17) is 0 Å². The maximum absolute atomic E-state index is 11.2. The van der Waals surface area contributed by atoms with Crippen LogP contribution < -0.4 is 0 Å². The molecule has 3 nitrogen and oxygen atoms in total. The molecule has 1 heterocycles. The summed E-state index contributed by atoms with van der Waals surface area (Å²) in [6.07, 6.45) is 3.55. The summed E-state index contributed by atoms with van der Waals surface area (Å²) >= 11 is 0. The fourth-order valence-electron chi connectivity index (χ4n) is 1.04. The molecule has 0 atom stereocenters. The lowest BCUT2D eigenvalue weighted by Gasteiger charge is -2.02. The minimum Gasteiger partial charge on any atom is -0.465 e. The number of allylic oxidation sites excluding steroid dienone is 2. The third-order valence-corrected chi connectivity index (χ3v) is 2.02. The van der Waals surface area contributed by atoms with Gasteiger partial charge in [0.05, 0.1) is 18.4 Å². The number of carbonyl (C=O) groups is 1. The van der Waals surface area contributed by atoms with Crippen LogP contribution in [0.3, 0.4) is 0 Å². The van der Waals surface area contributed by atoms with Crippen molar-refractivity contribution in [1.82, 2.24) is 4.98 Å². The number of rotatable bonds is 2. The van der Waals surface area contributed by atoms with Crippen LogP contribution in [0.5, 0.6) is 0 Å². The van der Waals surface area contributed by atoms with E-state index in [0.717, 1.165) is 11.3 Å². The molecule has 74 valence electrons. The van der Waals surface area contributed by atoms with Crippen molar-refractivity contribution in [3.63, 3.8) is 0 Å². The predicted molar refractivity (Wildman–Crippen MR) is 54.9 cm³/mol. The number of esters is 1. The molecule has 0 unspecified atom stereocenters. The monoisotopic (exact) mass is 191 g/mol. The summed E-state index contributed by atoms with van der Waals surface area (Å²) in [5.74, 6) is -0.336. The highest BCUT2D eigenvalue weighted by Crippen LogP contribution is 2.12. The average Bonchev–Trinajstić information content (AvgIpc) is 2.27. The van der Waals surface area contributed by atoms with E-state index in [-0.39, 0.29) is 5.97 Å². The fourth-order valence-corrected chi connectivity index (χ4v) is 1.04. The van der Waals surface area contributed by atoms with E-state index < -0.39 is 0 Å². The van der Waals surface area contributed by atoms with Crippen molar-refractivity contribution < 1.29 is 9.53 Å². The first-order valence-electron chi connectivity index (χ1n) is 4.36. The molecule has 0 saturated heterocycles. The van der Waals surface area contributed by atoms with E-state index >= 15 is 0 Å². The summed E-state index contributed by atoms with van der Waals surface area (Å²) in [6, 6.07) is 3.36. The molecule has 1 aromatic heterocycles. The van der Waals surface area contributed by atoms with E-state index in [1.165, 1.54) is 7.11 Å². The van der Waals surface area contributed by atoms with Gasteiger partial charge in [-0.3, -0.25) is 4.98 Å². The molecule has 0 aliphatic heterocycles.